The van der Waals surface area contributed by atoms with E-state index in [1.807, 2.05) is 0 Å². The molecule has 5 heteroatoms. The summed E-state index contributed by atoms with van der Waals surface area (Å²) < 4.78 is 31.1. The van der Waals surface area contributed by atoms with E-state index >= 15 is 0 Å². The second kappa shape index (κ2) is 1.43. The van der Waals surface area contributed by atoms with Crippen molar-refractivity contribution in [3.05, 3.63) is 0 Å². The van der Waals surface area contributed by atoms with Crippen molar-refractivity contribution in [2.45, 2.75) is 0 Å². The van der Waals surface area contributed by atoms with Gasteiger partial charge in [-0.3, -0.25) is 0 Å². The van der Waals surface area contributed by atoms with Crippen LogP contribution >= 0.6 is 22.4 Å². The highest BCUT2D eigenvalue weighted by atomic mass is 79.9. The van der Waals surface area contributed by atoms with Gasteiger partial charge in [0.05, 0.1) is 0 Å². The molecule has 0 aromatic rings. The first-order chi connectivity index (χ1) is 2.00. The van der Waals surface area contributed by atoms with Crippen molar-refractivity contribution in [3.63, 3.8) is 0 Å². The van der Waals surface area contributed by atoms with Crippen LogP contribution < -0.4 is 0 Å². The van der Waals surface area contributed by atoms with Crippen LogP contribution in [0.1, 0.15) is 0 Å². The van der Waals surface area contributed by atoms with Gasteiger partial charge in [-0.2, -0.15) is 0 Å². The molecule has 0 amide bonds. The Labute approximate surface area is 35.8 Å². The highest BCUT2D eigenvalue weighted by Gasteiger charge is 2.38. The van der Waals surface area contributed by atoms with Crippen LogP contribution in [0, 0.1) is 0 Å². The van der Waals surface area contributed by atoms with E-state index < -0.39 is 6.90 Å². The van der Waals surface area contributed by atoms with Crippen LogP contribution in [0.15, 0.2) is 0 Å². The Balaban J connectivity index is 3.02. The van der Waals surface area contributed by atoms with Crippen molar-refractivity contribution in [1.82, 2.24) is 0 Å². The summed E-state index contributed by atoms with van der Waals surface area (Å²) in [6.45, 7) is -5.08. The van der Waals surface area contributed by atoms with Gasteiger partial charge in [0, 0.05) is 12.6 Å². The molecular weight excluding hydrogens is 168 g/mol. The SMILES string of the molecule is F[P+](F)(F)Br. The summed E-state index contributed by atoms with van der Waals surface area (Å²) in [6, 6.07) is 0. The van der Waals surface area contributed by atoms with Crippen molar-refractivity contribution in [2.75, 3.05) is 0 Å². The lowest BCUT2D eigenvalue weighted by atomic mass is 18.8. The van der Waals surface area contributed by atoms with E-state index in [0.29, 0.717) is 0 Å². The standard InChI is InChI=1S/BrF3P/c1-5(2,3)4/q+1. The Morgan fingerprint density at radius 1 is 1.20 bits per heavy atom. The van der Waals surface area contributed by atoms with Gasteiger partial charge in [0.1, 0.15) is 0 Å². The maximum atomic E-state index is 10.4. The monoisotopic (exact) mass is 167 g/mol. The molecule has 0 aromatic carbocycles. The third-order valence-electron chi connectivity index (χ3n) is 0. The average molecular weight is 168 g/mol. The zero-order valence-corrected chi connectivity index (χ0v) is 4.44. The van der Waals surface area contributed by atoms with E-state index in [4.69, 9.17) is 0 Å². The first-order valence-corrected chi connectivity index (χ1v) is 4.16. The van der Waals surface area contributed by atoms with Gasteiger partial charge < -0.3 is 0 Å². The normalized spacial score (nSPS) is 12.0. The van der Waals surface area contributed by atoms with Gasteiger partial charge >= 0.3 is 6.90 Å². The molecule has 0 rings (SSSR count). The Bertz CT molecular complexity index is 22.4. The molecule has 5 heavy (non-hydrogen) atoms. The molecule has 0 radical (unpaired) electrons. The molecule has 0 bridgehead atoms. The van der Waals surface area contributed by atoms with Crippen molar-refractivity contribution in [1.29, 1.82) is 0 Å². The first kappa shape index (κ1) is 5.70. The fourth-order valence-electron chi connectivity index (χ4n) is 0. The van der Waals surface area contributed by atoms with E-state index in [1.54, 1.807) is 0 Å². The molecule has 0 heterocycles. The van der Waals surface area contributed by atoms with Gasteiger partial charge in [0.15, 0.2) is 0 Å². The second-order valence-electron chi connectivity index (χ2n) is 0.383. The molecular formula is BrF3P+. The summed E-state index contributed by atoms with van der Waals surface area (Å²) in [5.74, 6) is 0. The third kappa shape index (κ3) is 69.9. The van der Waals surface area contributed by atoms with Gasteiger partial charge in [0.2, 0.25) is 0 Å². The molecule has 0 saturated carbocycles. The predicted octanol–water partition coefficient (Wildman–Crippen LogP) is 2.97. The third-order valence-corrected chi connectivity index (χ3v) is 0. The Morgan fingerprint density at radius 3 is 1.20 bits per heavy atom. The Morgan fingerprint density at radius 2 is 1.20 bits per heavy atom. The van der Waals surface area contributed by atoms with Gasteiger partial charge in [-0.25, -0.2) is 0 Å². The Kier molecular flexibility index (Phi) is 1.63. The van der Waals surface area contributed by atoms with Gasteiger partial charge in [0.25, 0.3) is 15.5 Å². The highest BCUT2D eigenvalue weighted by molar-refractivity contribution is 9.40. The molecule has 0 aromatic heterocycles. The fourth-order valence-corrected chi connectivity index (χ4v) is 0. The summed E-state index contributed by atoms with van der Waals surface area (Å²) in [6.07, 6.45) is 0. The molecule has 0 fully saturated rings. The zero-order valence-electron chi connectivity index (χ0n) is 1.96. The lowest BCUT2D eigenvalue weighted by molar-refractivity contribution is 0.624. The topological polar surface area (TPSA) is 0 Å². The first-order valence-electron chi connectivity index (χ1n) is 0.676. The largest absolute Gasteiger partial charge is 0.635 e. The zero-order chi connectivity index (χ0) is 4.50. The average Bonchev–Trinajstić information content (AvgIpc) is 0.722. The van der Waals surface area contributed by atoms with Crippen molar-refractivity contribution >= 4 is 22.4 Å². The molecule has 0 atom stereocenters. The molecule has 0 nitrogen and oxygen atoms in total. The van der Waals surface area contributed by atoms with Crippen molar-refractivity contribution in [3.8, 4) is 0 Å². The maximum absolute atomic E-state index is 10.4. The van der Waals surface area contributed by atoms with Gasteiger partial charge in [-0.05, 0) is 0 Å². The molecule has 0 saturated heterocycles. The van der Waals surface area contributed by atoms with Crippen LogP contribution in [0.2, 0.25) is 0 Å². The molecule has 0 spiro atoms. The smallest absolute Gasteiger partial charge is 0.0330 e. The van der Waals surface area contributed by atoms with E-state index in [9.17, 15) is 12.6 Å². The maximum Gasteiger partial charge on any atom is 0.635 e. The van der Waals surface area contributed by atoms with Crippen molar-refractivity contribution < 1.29 is 12.6 Å². The highest BCUT2D eigenvalue weighted by Crippen LogP contribution is 2.71. The van der Waals surface area contributed by atoms with Crippen LogP contribution in [0.4, 0.5) is 12.6 Å². The minimum absolute atomic E-state index is 1.49. The lowest BCUT2D eigenvalue weighted by Crippen LogP contribution is -1.32. The fraction of sp³-hybridized carbons (Fsp3) is 0. The van der Waals surface area contributed by atoms with Gasteiger partial charge in [-0.1, -0.05) is 0 Å². The number of halogens is 4. The number of rotatable bonds is 0. The Hall–Kier alpha value is 0.700. The second-order valence-corrected chi connectivity index (χ2v) is 3.56. The predicted molar refractivity (Wildman–Crippen MR) is 19.2 cm³/mol. The lowest BCUT2D eigenvalue weighted by Gasteiger charge is -1.66. The van der Waals surface area contributed by atoms with Crippen LogP contribution in [0.3, 0.4) is 0 Å². The van der Waals surface area contributed by atoms with Crippen LogP contribution in [0.5, 0.6) is 0 Å². The van der Waals surface area contributed by atoms with E-state index in [2.05, 4.69) is 0 Å². The van der Waals surface area contributed by atoms with E-state index in [-0.39, 0.29) is 0 Å². The van der Waals surface area contributed by atoms with Crippen molar-refractivity contribution in [2.24, 2.45) is 0 Å². The molecule has 0 unspecified atom stereocenters. The molecule has 0 aliphatic heterocycles. The molecule has 32 valence electrons. The minimum atomic E-state index is -5.08. The van der Waals surface area contributed by atoms with Crippen LogP contribution in [-0.4, -0.2) is 0 Å². The summed E-state index contributed by atoms with van der Waals surface area (Å²) in [4.78, 5) is 0. The van der Waals surface area contributed by atoms with Crippen LogP contribution in [0.25, 0.3) is 0 Å². The number of hydrogen-bond donors (Lipinski definition) is 0. The number of hydrogen-bond acceptors (Lipinski definition) is 0. The summed E-state index contributed by atoms with van der Waals surface area (Å²) in [7, 11) is 0. The van der Waals surface area contributed by atoms with E-state index in [0.717, 1.165) is 0 Å². The molecule has 0 N–H and O–H groups in total. The van der Waals surface area contributed by atoms with E-state index in [1.165, 1.54) is 15.5 Å². The molecule has 0 aliphatic carbocycles. The summed E-state index contributed by atoms with van der Waals surface area (Å²) >= 11 is 1.49. The minimum Gasteiger partial charge on any atom is 0.0330 e. The van der Waals surface area contributed by atoms with Crippen LogP contribution in [-0.2, 0) is 0 Å². The summed E-state index contributed by atoms with van der Waals surface area (Å²) in [5.41, 5.74) is 0. The van der Waals surface area contributed by atoms with Gasteiger partial charge in [-0.15, -0.1) is 0 Å². The summed E-state index contributed by atoms with van der Waals surface area (Å²) in [5, 5.41) is 0. The quantitative estimate of drug-likeness (QED) is 0.487. The molecule has 0 aliphatic rings.